The monoisotopic (exact) mass is 829 g/mol. The number of hydrogen-bond donors (Lipinski definition) is 0. The normalized spacial score (nSPS) is 14.2. The van der Waals surface area contributed by atoms with Crippen molar-refractivity contribution in [2.45, 2.75) is 10.8 Å². The zero-order chi connectivity index (χ0) is 42.0. The Morgan fingerprint density at radius 3 is 1.31 bits per heavy atom. The van der Waals surface area contributed by atoms with Gasteiger partial charge in [-0.15, -0.1) is 11.3 Å². The van der Waals surface area contributed by atoms with Crippen molar-refractivity contribution in [3.63, 3.8) is 0 Å². The highest BCUT2D eigenvalue weighted by molar-refractivity contribution is 7.25. The summed E-state index contributed by atoms with van der Waals surface area (Å²) < 4.78 is 2.59. The van der Waals surface area contributed by atoms with Crippen molar-refractivity contribution in [3.05, 3.63) is 281 Å². The summed E-state index contributed by atoms with van der Waals surface area (Å²) >= 11 is 1.87. The molecular weight excluding hydrogens is 791 g/mol. The molecule has 0 fully saturated rings. The summed E-state index contributed by atoms with van der Waals surface area (Å²) in [7, 11) is 0. The Balaban J connectivity index is 1.04. The summed E-state index contributed by atoms with van der Waals surface area (Å²) in [5, 5.41) is 2.60. The second kappa shape index (κ2) is 13.4. The van der Waals surface area contributed by atoms with E-state index in [0.717, 1.165) is 17.1 Å². The molecule has 0 saturated carbocycles. The first-order valence-corrected chi connectivity index (χ1v) is 23.1. The number of thiophene rings is 1. The molecule has 0 amide bonds. The van der Waals surface area contributed by atoms with Crippen molar-refractivity contribution in [1.82, 2.24) is 0 Å². The summed E-state index contributed by atoms with van der Waals surface area (Å²) in [6, 6.07) is 89.0. The van der Waals surface area contributed by atoms with E-state index in [0.29, 0.717) is 0 Å². The molecule has 2 heteroatoms. The second-order valence-corrected chi connectivity index (χ2v) is 18.6. The van der Waals surface area contributed by atoms with Gasteiger partial charge in [0.25, 0.3) is 0 Å². The van der Waals surface area contributed by atoms with Crippen LogP contribution in [-0.4, -0.2) is 0 Å². The van der Waals surface area contributed by atoms with E-state index in [1.165, 1.54) is 98.1 Å². The van der Waals surface area contributed by atoms with Crippen LogP contribution in [0.4, 0.5) is 17.1 Å². The van der Waals surface area contributed by atoms with Crippen LogP contribution in [0.25, 0.3) is 53.6 Å². The molecule has 10 aromatic carbocycles. The first-order valence-electron chi connectivity index (χ1n) is 22.3. The van der Waals surface area contributed by atoms with Crippen LogP contribution in [0.3, 0.4) is 0 Å². The van der Waals surface area contributed by atoms with Crippen LogP contribution in [0, 0.1) is 0 Å². The lowest BCUT2D eigenvalue weighted by Crippen LogP contribution is -2.28. The highest BCUT2D eigenvalue weighted by Crippen LogP contribution is 2.64. The van der Waals surface area contributed by atoms with E-state index in [4.69, 9.17) is 0 Å². The van der Waals surface area contributed by atoms with E-state index in [2.05, 4.69) is 241 Å². The predicted octanol–water partition coefficient (Wildman–Crippen LogP) is 16.2. The zero-order valence-electron chi connectivity index (χ0n) is 34.9. The Morgan fingerprint density at radius 1 is 0.266 bits per heavy atom. The van der Waals surface area contributed by atoms with Gasteiger partial charge in [-0.3, -0.25) is 0 Å². The molecule has 0 radical (unpaired) electrons. The van der Waals surface area contributed by atoms with Crippen molar-refractivity contribution >= 4 is 48.6 Å². The maximum absolute atomic E-state index is 2.51. The largest absolute Gasteiger partial charge is 0.310 e. The zero-order valence-corrected chi connectivity index (χ0v) is 35.7. The summed E-state index contributed by atoms with van der Waals surface area (Å²) in [6.45, 7) is 0. The Labute approximate surface area is 376 Å². The van der Waals surface area contributed by atoms with Crippen LogP contribution in [0.15, 0.2) is 237 Å². The Bertz CT molecular complexity index is 3610. The molecule has 0 saturated heterocycles. The van der Waals surface area contributed by atoms with E-state index >= 15 is 0 Å². The first kappa shape index (κ1) is 35.8. The second-order valence-electron chi connectivity index (χ2n) is 17.5. The highest BCUT2D eigenvalue weighted by atomic mass is 32.1. The van der Waals surface area contributed by atoms with Crippen molar-refractivity contribution in [3.8, 4) is 33.4 Å². The molecule has 1 aromatic heterocycles. The van der Waals surface area contributed by atoms with Crippen LogP contribution in [0.2, 0.25) is 0 Å². The van der Waals surface area contributed by atoms with Gasteiger partial charge >= 0.3 is 0 Å². The van der Waals surface area contributed by atoms with Gasteiger partial charge in [-0.1, -0.05) is 194 Å². The molecule has 1 spiro atoms. The van der Waals surface area contributed by atoms with E-state index in [-0.39, 0.29) is 0 Å². The van der Waals surface area contributed by atoms with Gasteiger partial charge in [-0.2, -0.15) is 0 Å². The molecule has 0 aliphatic heterocycles. The molecule has 0 bridgehead atoms. The number of anilines is 3. The van der Waals surface area contributed by atoms with Crippen molar-refractivity contribution in [1.29, 1.82) is 0 Å². The minimum atomic E-state index is -0.516. The van der Waals surface area contributed by atoms with Crippen LogP contribution in [0.5, 0.6) is 0 Å². The minimum absolute atomic E-state index is 0.400. The average Bonchev–Trinajstić information content (AvgIpc) is 4.07. The molecule has 1 nitrogen and oxygen atoms in total. The van der Waals surface area contributed by atoms with Gasteiger partial charge in [0.1, 0.15) is 0 Å². The van der Waals surface area contributed by atoms with Crippen molar-refractivity contribution in [2.75, 3.05) is 4.90 Å². The van der Waals surface area contributed by atoms with E-state index in [9.17, 15) is 0 Å². The number of nitrogens with zero attached hydrogens (tertiary/aromatic N) is 1. The van der Waals surface area contributed by atoms with Crippen LogP contribution >= 0.6 is 11.3 Å². The molecule has 298 valence electrons. The molecule has 64 heavy (non-hydrogen) atoms. The van der Waals surface area contributed by atoms with Gasteiger partial charge in [0.2, 0.25) is 0 Å². The van der Waals surface area contributed by atoms with Gasteiger partial charge in [0.05, 0.1) is 10.8 Å². The van der Waals surface area contributed by atoms with Crippen molar-refractivity contribution in [2.24, 2.45) is 0 Å². The lowest BCUT2D eigenvalue weighted by molar-refractivity contribution is 0.768. The lowest BCUT2D eigenvalue weighted by atomic mass is 9.67. The Hall–Kier alpha value is -7.78. The summed E-state index contributed by atoms with van der Waals surface area (Å²) in [5.41, 5.74) is 20.8. The molecule has 11 aromatic rings. The maximum Gasteiger partial charge on any atom is 0.0725 e. The number of hydrogen-bond acceptors (Lipinski definition) is 2. The van der Waals surface area contributed by atoms with Gasteiger partial charge in [0, 0.05) is 37.2 Å². The topological polar surface area (TPSA) is 3.24 Å². The fourth-order valence-corrected chi connectivity index (χ4v) is 13.2. The molecule has 3 aliphatic rings. The van der Waals surface area contributed by atoms with Crippen LogP contribution in [0.1, 0.15) is 44.5 Å². The fraction of sp³-hybridized carbons (Fsp3) is 0.0323. The smallest absolute Gasteiger partial charge is 0.0725 e. The Kier molecular flexibility index (Phi) is 7.47. The van der Waals surface area contributed by atoms with Gasteiger partial charge in [0.15, 0.2) is 0 Å². The Morgan fingerprint density at radius 2 is 0.688 bits per heavy atom. The molecule has 3 aliphatic carbocycles. The standard InChI is InChI=1S/C62H39NS/c1-3-17-40(18-4-1)61(41-19-5-2-6-20-41)53-26-12-7-23-47(53)49-34-31-43(38-58(49)61)63(44-32-35-51-50-25-11-16-30-59(50)64-60(51)39-44)42-33-36-57-52(37-42)48-24-10-15-29-56(48)62(57)54-27-13-8-21-45(54)46-22-9-14-28-55(46)62/h1-39H. The highest BCUT2D eigenvalue weighted by Gasteiger charge is 2.52. The maximum atomic E-state index is 2.51. The first-order chi connectivity index (χ1) is 31.7. The third-order valence-corrected chi connectivity index (χ3v) is 15.7. The fourth-order valence-electron chi connectivity index (χ4n) is 12.1. The third-order valence-electron chi connectivity index (χ3n) is 14.6. The molecule has 0 unspecified atom stereocenters. The van der Waals surface area contributed by atoms with Gasteiger partial charge < -0.3 is 4.90 Å². The number of benzene rings is 10. The lowest BCUT2D eigenvalue weighted by Gasteiger charge is -2.35. The molecule has 1 heterocycles. The molecular formula is C62H39NS. The van der Waals surface area contributed by atoms with Crippen LogP contribution < -0.4 is 4.90 Å². The van der Waals surface area contributed by atoms with E-state index in [1.807, 2.05) is 11.3 Å². The SMILES string of the molecule is c1ccc(C2(c3ccccc3)c3ccccc3-c3ccc(N(c4ccc5c(c4)-c4ccccc4C54c5ccccc5-c5ccccc54)c4ccc5c(c4)sc4ccccc45)cc32)cc1. The summed E-state index contributed by atoms with van der Waals surface area (Å²) in [5.74, 6) is 0. The van der Waals surface area contributed by atoms with E-state index < -0.39 is 10.8 Å². The van der Waals surface area contributed by atoms with Gasteiger partial charge in [-0.25, -0.2) is 0 Å². The number of rotatable bonds is 5. The summed E-state index contributed by atoms with van der Waals surface area (Å²) in [4.78, 5) is 2.51. The molecule has 0 N–H and O–H groups in total. The minimum Gasteiger partial charge on any atom is -0.310 e. The predicted molar refractivity (Wildman–Crippen MR) is 268 cm³/mol. The average molecular weight is 830 g/mol. The molecule has 14 rings (SSSR count). The quantitative estimate of drug-likeness (QED) is 0.167. The summed E-state index contributed by atoms with van der Waals surface area (Å²) in [6.07, 6.45) is 0. The van der Waals surface area contributed by atoms with Crippen LogP contribution in [-0.2, 0) is 10.8 Å². The van der Waals surface area contributed by atoms with Crippen molar-refractivity contribution < 1.29 is 0 Å². The molecule has 0 atom stereocenters. The van der Waals surface area contributed by atoms with E-state index in [1.54, 1.807) is 0 Å². The number of fused-ring (bicyclic) bond motifs is 16. The third kappa shape index (κ3) is 4.63. The van der Waals surface area contributed by atoms with Gasteiger partial charge in [-0.05, 0) is 120 Å².